The van der Waals surface area contributed by atoms with E-state index in [1.165, 1.54) is 12.8 Å². The van der Waals surface area contributed by atoms with E-state index in [-0.39, 0.29) is 5.91 Å². The monoisotopic (exact) mass is 416 g/mol. The minimum absolute atomic E-state index is 0.00686. The lowest BCUT2D eigenvalue weighted by atomic mass is 10.1. The number of nitrogens with zero attached hydrogens (tertiary/aromatic N) is 2. The molecule has 0 unspecified atom stereocenters. The molecule has 0 aliphatic rings. The van der Waals surface area contributed by atoms with Gasteiger partial charge in [-0.1, -0.05) is 19.8 Å². The van der Waals surface area contributed by atoms with E-state index in [9.17, 15) is 4.79 Å². The van der Waals surface area contributed by atoms with Crippen LogP contribution in [0.5, 0.6) is 0 Å². The van der Waals surface area contributed by atoms with Crippen molar-refractivity contribution in [2.45, 2.75) is 46.0 Å². The van der Waals surface area contributed by atoms with Gasteiger partial charge in [-0.25, -0.2) is 0 Å². The van der Waals surface area contributed by atoms with Gasteiger partial charge in [-0.3, -0.25) is 9.79 Å². The second-order valence-electron chi connectivity index (χ2n) is 6.27. The van der Waals surface area contributed by atoms with Crippen LogP contribution in [-0.4, -0.2) is 83.8 Å². The largest absolute Gasteiger partial charge is 0.379 e. The van der Waals surface area contributed by atoms with E-state index < -0.39 is 0 Å². The van der Waals surface area contributed by atoms with Gasteiger partial charge in [0.15, 0.2) is 0 Å². The quantitative estimate of drug-likeness (QED) is 0.127. The molecular formula is C20H40N4O5. The van der Waals surface area contributed by atoms with Crippen molar-refractivity contribution in [3.8, 4) is 0 Å². The van der Waals surface area contributed by atoms with Gasteiger partial charge in [0.25, 0.3) is 0 Å². The first kappa shape index (κ1) is 27.5. The molecule has 0 aliphatic carbocycles. The number of hydrogen-bond acceptors (Lipinski definition) is 8. The van der Waals surface area contributed by atoms with Gasteiger partial charge >= 0.3 is 0 Å². The molecule has 9 heteroatoms. The summed E-state index contributed by atoms with van der Waals surface area (Å²) in [6.45, 7) is 9.23. The second-order valence-corrected chi connectivity index (χ2v) is 6.27. The van der Waals surface area contributed by atoms with Gasteiger partial charge in [0.2, 0.25) is 5.91 Å². The fourth-order valence-corrected chi connectivity index (χ4v) is 2.22. The molecule has 0 fully saturated rings. The summed E-state index contributed by atoms with van der Waals surface area (Å²) in [6, 6.07) is 0. The molecule has 0 spiro atoms. The van der Waals surface area contributed by atoms with E-state index in [0.29, 0.717) is 72.4 Å². The highest BCUT2D eigenvalue weighted by molar-refractivity contribution is 6.30. The number of carbonyl (C=O) groups is 1. The average Bonchev–Trinajstić information content (AvgIpc) is 2.72. The molecule has 3 N–H and O–H groups in total. The predicted molar refractivity (Wildman–Crippen MR) is 116 cm³/mol. The van der Waals surface area contributed by atoms with Crippen LogP contribution in [0.3, 0.4) is 0 Å². The number of rotatable bonds is 21. The Bertz CT molecular complexity index is 433. The molecule has 0 aliphatic heterocycles. The number of aliphatic imine (C=N–C) groups is 1. The SMILES string of the molecule is CCCCC/C(C=NCCOCCOCCOCCOCCC(=O)NCC)=N/N. The zero-order valence-electron chi connectivity index (χ0n) is 18.2. The molecule has 170 valence electrons. The molecule has 0 saturated heterocycles. The molecule has 0 rings (SSSR count). The van der Waals surface area contributed by atoms with Crippen LogP contribution < -0.4 is 11.2 Å². The van der Waals surface area contributed by atoms with Gasteiger partial charge in [-0.15, -0.1) is 0 Å². The molecule has 0 heterocycles. The summed E-state index contributed by atoms with van der Waals surface area (Å²) < 4.78 is 21.6. The number of amides is 1. The lowest BCUT2D eigenvalue weighted by Gasteiger charge is -2.07. The zero-order valence-corrected chi connectivity index (χ0v) is 18.2. The minimum atomic E-state index is 0.00686. The maximum absolute atomic E-state index is 11.2. The van der Waals surface area contributed by atoms with E-state index in [0.717, 1.165) is 18.6 Å². The number of nitrogens with two attached hydrogens (primary N) is 1. The summed E-state index contributed by atoms with van der Waals surface area (Å²) in [5.41, 5.74) is 0.828. The Balaban J connectivity index is 3.29. The Morgan fingerprint density at radius 1 is 0.862 bits per heavy atom. The summed E-state index contributed by atoms with van der Waals surface area (Å²) in [6.07, 6.45) is 6.41. The highest BCUT2D eigenvalue weighted by Crippen LogP contribution is 1.99. The van der Waals surface area contributed by atoms with Crippen molar-refractivity contribution in [1.82, 2.24) is 5.32 Å². The number of hydrogen-bond donors (Lipinski definition) is 2. The molecular weight excluding hydrogens is 376 g/mol. The molecule has 29 heavy (non-hydrogen) atoms. The van der Waals surface area contributed by atoms with E-state index in [4.69, 9.17) is 24.8 Å². The van der Waals surface area contributed by atoms with Crippen LogP contribution in [0, 0.1) is 0 Å². The van der Waals surface area contributed by atoms with Crippen LogP contribution >= 0.6 is 0 Å². The van der Waals surface area contributed by atoms with Gasteiger partial charge in [0.1, 0.15) is 0 Å². The predicted octanol–water partition coefficient (Wildman–Crippen LogP) is 1.54. The zero-order chi connectivity index (χ0) is 21.4. The van der Waals surface area contributed by atoms with Gasteiger partial charge in [0.05, 0.1) is 65.1 Å². The summed E-state index contributed by atoms with van der Waals surface area (Å²) in [5, 5.41) is 6.47. The summed E-state index contributed by atoms with van der Waals surface area (Å²) in [5.74, 6) is 5.36. The van der Waals surface area contributed by atoms with Crippen molar-refractivity contribution >= 4 is 17.8 Å². The van der Waals surface area contributed by atoms with Crippen LogP contribution in [0.4, 0.5) is 0 Å². The van der Waals surface area contributed by atoms with Crippen molar-refractivity contribution in [3.05, 3.63) is 0 Å². The normalized spacial score (nSPS) is 12.0. The third-order valence-electron chi connectivity index (χ3n) is 3.77. The van der Waals surface area contributed by atoms with Crippen molar-refractivity contribution < 1.29 is 23.7 Å². The lowest BCUT2D eigenvalue weighted by Crippen LogP contribution is -2.24. The van der Waals surface area contributed by atoms with Crippen molar-refractivity contribution in [2.75, 3.05) is 65.9 Å². The first-order chi connectivity index (χ1) is 14.2. The molecule has 1 amide bonds. The van der Waals surface area contributed by atoms with Crippen LogP contribution in [-0.2, 0) is 23.7 Å². The van der Waals surface area contributed by atoms with Crippen LogP contribution in [0.1, 0.15) is 46.0 Å². The Labute approximate surface area is 175 Å². The lowest BCUT2D eigenvalue weighted by molar-refractivity contribution is -0.122. The second kappa shape index (κ2) is 22.7. The fraction of sp³-hybridized carbons (Fsp3) is 0.850. The highest BCUT2D eigenvalue weighted by atomic mass is 16.6. The van der Waals surface area contributed by atoms with E-state index in [2.05, 4.69) is 22.3 Å². The molecule has 0 saturated carbocycles. The maximum Gasteiger partial charge on any atom is 0.222 e. The summed E-state index contributed by atoms with van der Waals surface area (Å²) >= 11 is 0. The first-order valence-electron chi connectivity index (χ1n) is 10.6. The van der Waals surface area contributed by atoms with Crippen LogP contribution in [0.15, 0.2) is 10.1 Å². The Morgan fingerprint density at radius 2 is 1.45 bits per heavy atom. The van der Waals surface area contributed by atoms with Gasteiger partial charge < -0.3 is 30.1 Å². The molecule has 0 aromatic rings. The topological polar surface area (TPSA) is 117 Å². The van der Waals surface area contributed by atoms with E-state index >= 15 is 0 Å². The van der Waals surface area contributed by atoms with Crippen molar-refractivity contribution in [1.29, 1.82) is 0 Å². The van der Waals surface area contributed by atoms with Gasteiger partial charge in [-0.05, 0) is 19.8 Å². The van der Waals surface area contributed by atoms with Crippen LogP contribution in [0.2, 0.25) is 0 Å². The number of carbonyl (C=O) groups excluding carboxylic acids is 1. The first-order valence-corrected chi connectivity index (χ1v) is 10.6. The molecule has 0 aromatic carbocycles. The number of unbranched alkanes of at least 4 members (excludes halogenated alkanes) is 2. The number of nitrogens with one attached hydrogen (secondary N) is 1. The minimum Gasteiger partial charge on any atom is -0.379 e. The van der Waals surface area contributed by atoms with Gasteiger partial charge in [0, 0.05) is 19.2 Å². The average molecular weight is 417 g/mol. The van der Waals surface area contributed by atoms with Crippen molar-refractivity contribution in [2.24, 2.45) is 15.9 Å². The highest BCUT2D eigenvalue weighted by Gasteiger charge is 1.99. The van der Waals surface area contributed by atoms with Crippen molar-refractivity contribution in [3.63, 3.8) is 0 Å². The number of hydrazone groups is 1. The number of ether oxygens (including phenoxy) is 4. The third kappa shape index (κ3) is 21.0. The maximum atomic E-state index is 11.2. The van der Waals surface area contributed by atoms with Gasteiger partial charge in [-0.2, -0.15) is 5.10 Å². The molecule has 0 bridgehead atoms. The molecule has 0 atom stereocenters. The van der Waals surface area contributed by atoms with E-state index in [1.54, 1.807) is 6.21 Å². The smallest absolute Gasteiger partial charge is 0.222 e. The molecule has 0 aromatic heterocycles. The Morgan fingerprint density at radius 3 is 2.00 bits per heavy atom. The summed E-state index contributed by atoms with van der Waals surface area (Å²) in [7, 11) is 0. The molecule has 9 nitrogen and oxygen atoms in total. The van der Waals surface area contributed by atoms with E-state index in [1.807, 2.05) is 6.92 Å². The summed E-state index contributed by atoms with van der Waals surface area (Å²) in [4.78, 5) is 15.5. The van der Waals surface area contributed by atoms with Crippen LogP contribution in [0.25, 0.3) is 0 Å². The Hall–Kier alpha value is -1.55. The third-order valence-corrected chi connectivity index (χ3v) is 3.77. The Kier molecular flexibility index (Phi) is 21.5. The molecule has 0 radical (unpaired) electrons. The standard InChI is InChI=1S/C20H40N4O5/c1-3-5-6-7-19(24-21)18-22-9-11-27-13-15-29-17-16-28-14-12-26-10-8-20(25)23-4-2/h18H,3-17,21H2,1-2H3,(H,23,25)/b22-18?,24-19-. The fourth-order valence-electron chi connectivity index (χ4n) is 2.22.